The Labute approximate surface area is 155 Å². The van der Waals surface area contributed by atoms with Crippen molar-refractivity contribution in [2.75, 3.05) is 11.9 Å². The van der Waals surface area contributed by atoms with Crippen molar-refractivity contribution in [1.82, 2.24) is 10.6 Å². The van der Waals surface area contributed by atoms with E-state index in [-0.39, 0.29) is 18.0 Å². The molecule has 1 atom stereocenters. The highest BCUT2D eigenvalue weighted by molar-refractivity contribution is 5.90. The van der Waals surface area contributed by atoms with Gasteiger partial charge in [-0.05, 0) is 43.0 Å². The van der Waals surface area contributed by atoms with Crippen LogP contribution in [0.15, 0.2) is 54.6 Å². The molecule has 0 aliphatic rings. The smallest absolute Gasteiger partial charge is 0.315 e. The Morgan fingerprint density at radius 1 is 1.00 bits per heavy atom. The second kappa shape index (κ2) is 10.2. The third-order valence-corrected chi connectivity index (χ3v) is 4.13. The molecule has 0 aliphatic heterocycles. The van der Waals surface area contributed by atoms with Crippen molar-refractivity contribution < 1.29 is 9.59 Å². The number of carbonyl (C=O) groups is 2. The van der Waals surface area contributed by atoms with Gasteiger partial charge in [0.25, 0.3) is 0 Å². The van der Waals surface area contributed by atoms with Crippen molar-refractivity contribution in [1.29, 1.82) is 0 Å². The van der Waals surface area contributed by atoms with Gasteiger partial charge in [0, 0.05) is 18.7 Å². The van der Waals surface area contributed by atoms with Crippen molar-refractivity contribution in [3.63, 3.8) is 0 Å². The minimum atomic E-state index is -0.172. The van der Waals surface area contributed by atoms with E-state index in [1.54, 1.807) is 0 Å². The molecule has 0 saturated heterocycles. The molecule has 5 nitrogen and oxygen atoms in total. The van der Waals surface area contributed by atoms with Gasteiger partial charge in [-0.1, -0.05) is 49.4 Å². The molecule has 2 aromatic carbocycles. The fourth-order valence-corrected chi connectivity index (χ4v) is 2.57. The molecule has 26 heavy (non-hydrogen) atoms. The van der Waals surface area contributed by atoms with Gasteiger partial charge >= 0.3 is 6.03 Å². The minimum Gasteiger partial charge on any atom is -0.338 e. The van der Waals surface area contributed by atoms with Gasteiger partial charge in [-0.15, -0.1) is 0 Å². The number of anilines is 1. The molecule has 3 amide bonds. The van der Waals surface area contributed by atoms with Crippen LogP contribution in [-0.4, -0.2) is 18.5 Å². The number of benzene rings is 2. The molecule has 3 N–H and O–H groups in total. The van der Waals surface area contributed by atoms with E-state index in [0.717, 1.165) is 24.1 Å². The average molecular weight is 353 g/mol. The molecule has 0 aromatic heterocycles. The Morgan fingerprint density at radius 3 is 2.35 bits per heavy atom. The van der Waals surface area contributed by atoms with Gasteiger partial charge in [0.1, 0.15) is 0 Å². The highest BCUT2D eigenvalue weighted by Crippen LogP contribution is 2.16. The van der Waals surface area contributed by atoms with Crippen LogP contribution in [0.5, 0.6) is 0 Å². The van der Waals surface area contributed by atoms with Crippen LogP contribution in [-0.2, 0) is 11.2 Å². The quantitative estimate of drug-likeness (QED) is 0.627. The number of rotatable bonds is 8. The Bertz CT molecular complexity index is 699. The topological polar surface area (TPSA) is 70.2 Å². The number of nitrogens with one attached hydrogen (secondary N) is 3. The lowest BCUT2D eigenvalue weighted by atomic mass is 10.1. The first-order valence-corrected chi connectivity index (χ1v) is 9.06. The molecule has 0 bridgehead atoms. The van der Waals surface area contributed by atoms with E-state index in [9.17, 15) is 9.59 Å². The average Bonchev–Trinajstić information content (AvgIpc) is 2.66. The molecule has 0 spiro atoms. The summed E-state index contributed by atoms with van der Waals surface area (Å²) >= 11 is 0. The molecular weight excluding hydrogens is 326 g/mol. The Balaban J connectivity index is 1.71. The van der Waals surface area contributed by atoms with Gasteiger partial charge < -0.3 is 16.0 Å². The third-order valence-electron chi connectivity index (χ3n) is 4.13. The summed E-state index contributed by atoms with van der Waals surface area (Å²) in [6, 6.07) is 17.5. The largest absolute Gasteiger partial charge is 0.338 e. The number of hydrogen-bond donors (Lipinski definition) is 3. The van der Waals surface area contributed by atoms with Crippen LogP contribution in [0.4, 0.5) is 10.5 Å². The Hall–Kier alpha value is -2.82. The summed E-state index contributed by atoms with van der Waals surface area (Å²) < 4.78 is 0. The maximum Gasteiger partial charge on any atom is 0.315 e. The van der Waals surface area contributed by atoms with E-state index < -0.39 is 0 Å². The zero-order valence-electron chi connectivity index (χ0n) is 15.4. The van der Waals surface area contributed by atoms with E-state index in [0.29, 0.717) is 13.0 Å². The van der Waals surface area contributed by atoms with Crippen LogP contribution in [0, 0.1) is 0 Å². The number of hydrogen-bond acceptors (Lipinski definition) is 2. The van der Waals surface area contributed by atoms with Crippen molar-refractivity contribution in [3.8, 4) is 0 Å². The SMILES string of the molecule is CCC(=O)Nc1ccc(C(C)NC(=O)NCCCc2ccccc2)cc1. The first-order valence-electron chi connectivity index (χ1n) is 9.06. The molecule has 0 heterocycles. The fraction of sp³-hybridized carbons (Fsp3) is 0.333. The maximum absolute atomic E-state index is 12.0. The van der Waals surface area contributed by atoms with Gasteiger partial charge in [-0.25, -0.2) is 4.79 Å². The molecule has 0 radical (unpaired) electrons. The normalized spacial score (nSPS) is 11.5. The fourth-order valence-electron chi connectivity index (χ4n) is 2.57. The van der Waals surface area contributed by atoms with Crippen LogP contribution in [0.1, 0.15) is 43.9 Å². The first-order chi connectivity index (χ1) is 12.6. The standard InChI is InChI=1S/C21H27N3O2/c1-3-20(25)24-19-13-11-18(12-14-19)16(2)23-21(26)22-15-7-10-17-8-5-4-6-9-17/h4-6,8-9,11-14,16H,3,7,10,15H2,1-2H3,(H,24,25)(H2,22,23,26). The summed E-state index contributed by atoms with van der Waals surface area (Å²) in [6.45, 7) is 4.38. The van der Waals surface area contributed by atoms with Gasteiger partial charge in [0.05, 0.1) is 6.04 Å². The summed E-state index contributed by atoms with van der Waals surface area (Å²) in [5, 5.41) is 8.63. The van der Waals surface area contributed by atoms with E-state index in [1.165, 1.54) is 5.56 Å². The van der Waals surface area contributed by atoms with E-state index in [1.807, 2.05) is 56.3 Å². The number of aryl methyl sites for hydroxylation is 1. The summed E-state index contributed by atoms with van der Waals surface area (Å²) in [5.74, 6) is -0.0150. The van der Waals surface area contributed by atoms with Crippen LogP contribution in [0.3, 0.4) is 0 Å². The molecule has 138 valence electrons. The molecule has 2 rings (SSSR count). The lowest BCUT2D eigenvalue weighted by molar-refractivity contribution is -0.115. The maximum atomic E-state index is 12.0. The first kappa shape index (κ1) is 19.5. The highest BCUT2D eigenvalue weighted by Gasteiger charge is 2.09. The summed E-state index contributed by atoms with van der Waals surface area (Å²) in [6.07, 6.45) is 2.30. The zero-order valence-corrected chi connectivity index (χ0v) is 15.4. The van der Waals surface area contributed by atoms with Crippen molar-refractivity contribution in [2.24, 2.45) is 0 Å². The molecule has 0 aliphatic carbocycles. The second-order valence-corrected chi connectivity index (χ2v) is 6.23. The molecule has 5 heteroatoms. The molecule has 0 saturated carbocycles. The number of urea groups is 1. The zero-order chi connectivity index (χ0) is 18.8. The van der Waals surface area contributed by atoms with Crippen molar-refractivity contribution in [3.05, 3.63) is 65.7 Å². The van der Waals surface area contributed by atoms with Gasteiger partial charge in [-0.2, -0.15) is 0 Å². The Kier molecular flexibility index (Phi) is 7.68. The molecular formula is C21H27N3O2. The van der Waals surface area contributed by atoms with Crippen LogP contribution < -0.4 is 16.0 Å². The predicted molar refractivity (Wildman–Crippen MR) is 105 cm³/mol. The predicted octanol–water partition coefficient (Wildman–Crippen LogP) is 4.03. The summed E-state index contributed by atoms with van der Waals surface area (Å²) in [7, 11) is 0. The number of amides is 3. The lowest BCUT2D eigenvalue weighted by Gasteiger charge is -2.15. The van der Waals surface area contributed by atoms with E-state index in [2.05, 4.69) is 28.1 Å². The van der Waals surface area contributed by atoms with Crippen molar-refractivity contribution >= 4 is 17.6 Å². The monoisotopic (exact) mass is 353 g/mol. The number of carbonyl (C=O) groups excluding carboxylic acids is 2. The molecule has 0 fully saturated rings. The second-order valence-electron chi connectivity index (χ2n) is 6.23. The minimum absolute atomic E-state index is 0.0150. The van der Waals surface area contributed by atoms with Gasteiger partial charge in [0.15, 0.2) is 0 Å². The lowest BCUT2D eigenvalue weighted by Crippen LogP contribution is -2.37. The Morgan fingerprint density at radius 2 is 1.69 bits per heavy atom. The highest BCUT2D eigenvalue weighted by atomic mass is 16.2. The third kappa shape index (κ3) is 6.59. The van der Waals surface area contributed by atoms with Crippen molar-refractivity contribution in [2.45, 2.75) is 39.2 Å². The van der Waals surface area contributed by atoms with Crippen LogP contribution in [0.25, 0.3) is 0 Å². The van der Waals surface area contributed by atoms with E-state index >= 15 is 0 Å². The van der Waals surface area contributed by atoms with E-state index in [4.69, 9.17) is 0 Å². The van der Waals surface area contributed by atoms with Gasteiger partial charge in [-0.3, -0.25) is 4.79 Å². The summed E-state index contributed by atoms with van der Waals surface area (Å²) in [5.41, 5.74) is 3.02. The molecule has 1 unspecified atom stereocenters. The van der Waals surface area contributed by atoms with Gasteiger partial charge in [0.2, 0.25) is 5.91 Å². The summed E-state index contributed by atoms with van der Waals surface area (Å²) in [4.78, 5) is 23.4. The molecule has 2 aromatic rings. The van der Waals surface area contributed by atoms with Crippen LogP contribution >= 0.6 is 0 Å². The van der Waals surface area contributed by atoms with Crippen LogP contribution in [0.2, 0.25) is 0 Å².